The first-order valence-electron chi connectivity index (χ1n) is 3.74. The van der Waals surface area contributed by atoms with Crippen LogP contribution in [0.15, 0.2) is 18.2 Å². The van der Waals surface area contributed by atoms with E-state index in [1.807, 2.05) is 6.07 Å². The van der Waals surface area contributed by atoms with Gasteiger partial charge in [-0.05, 0) is 12.1 Å². The van der Waals surface area contributed by atoms with Gasteiger partial charge < -0.3 is 10.5 Å². The van der Waals surface area contributed by atoms with Gasteiger partial charge in [0.2, 0.25) is 0 Å². The Labute approximate surface area is 85.8 Å². The number of nitrogens with two attached hydrogens (primary N) is 1. The van der Waals surface area contributed by atoms with Crippen molar-refractivity contribution in [3.63, 3.8) is 0 Å². The Balaban J connectivity index is 2.77. The van der Waals surface area contributed by atoms with E-state index < -0.39 is 5.91 Å². The van der Waals surface area contributed by atoms with Crippen molar-refractivity contribution in [3.8, 4) is 11.8 Å². The molecule has 0 atom stereocenters. The standard InChI is InChI=1S/C9H7ClN2O2/c10-8-3-7(14-5-9(12)13)2-1-6(8)4-11/h1-3H,5H2,(H2,12,13). The largest absolute Gasteiger partial charge is 0.484 e. The summed E-state index contributed by atoms with van der Waals surface area (Å²) in [4.78, 5) is 10.4. The van der Waals surface area contributed by atoms with Crippen molar-refractivity contribution < 1.29 is 9.53 Å². The Morgan fingerprint density at radius 2 is 2.36 bits per heavy atom. The summed E-state index contributed by atoms with van der Waals surface area (Å²) in [5.74, 6) is -0.154. The van der Waals surface area contributed by atoms with Crippen LogP contribution in [0.1, 0.15) is 5.56 Å². The first kappa shape index (κ1) is 10.4. The average molecular weight is 211 g/mol. The number of carbonyl (C=O) groups is 1. The van der Waals surface area contributed by atoms with Crippen LogP contribution in [0.5, 0.6) is 5.75 Å². The molecule has 0 aliphatic carbocycles. The molecule has 1 aromatic carbocycles. The van der Waals surface area contributed by atoms with E-state index in [0.717, 1.165) is 0 Å². The van der Waals surface area contributed by atoms with Crippen molar-refractivity contribution >= 4 is 17.5 Å². The number of primary amides is 1. The molecule has 1 aromatic rings. The van der Waals surface area contributed by atoms with E-state index in [9.17, 15) is 4.79 Å². The average Bonchev–Trinajstić information content (AvgIpc) is 2.15. The van der Waals surface area contributed by atoms with Crippen molar-refractivity contribution in [1.29, 1.82) is 5.26 Å². The van der Waals surface area contributed by atoms with Crippen LogP contribution in [-0.4, -0.2) is 12.5 Å². The minimum absolute atomic E-state index is 0.206. The first-order valence-corrected chi connectivity index (χ1v) is 4.12. The van der Waals surface area contributed by atoms with Crippen LogP contribution in [0.2, 0.25) is 5.02 Å². The number of nitriles is 1. The fourth-order valence-electron chi connectivity index (χ4n) is 0.831. The Kier molecular flexibility index (Phi) is 3.32. The molecule has 0 unspecified atom stereocenters. The van der Waals surface area contributed by atoms with Gasteiger partial charge in [-0.25, -0.2) is 0 Å². The van der Waals surface area contributed by atoms with E-state index in [0.29, 0.717) is 11.3 Å². The molecule has 0 aliphatic rings. The molecule has 1 amide bonds. The summed E-state index contributed by atoms with van der Waals surface area (Å²) in [6.45, 7) is -0.206. The van der Waals surface area contributed by atoms with Gasteiger partial charge in [0, 0.05) is 6.07 Å². The van der Waals surface area contributed by atoms with E-state index in [-0.39, 0.29) is 11.6 Å². The summed E-state index contributed by atoms with van der Waals surface area (Å²) in [5, 5.41) is 8.86. The lowest BCUT2D eigenvalue weighted by Gasteiger charge is -2.03. The molecule has 5 heteroatoms. The number of hydrogen-bond donors (Lipinski definition) is 1. The van der Waals surface area contributed by atoms with Crippen LogP contribution in [0, 0.1) is 11.3 Å². The van der Waals surface area contributed by atoms with Crippen LogP contribution in [0.25, 0.3) is 0 Å². The van der Waals surface area contributed by atoms with Gasteiger partial charge in [0.1, 0.15) is 11.8 Å². The number of rotatable bonds is 3. The Morgan fingerprint density at radius 1 is 1.64 bits per heavy atom. The van der Waals surface area contributed by atoms with E-state index in [1.54, 1.807) is 6.07 Å². The minimum Gasteiger partial charge on any atom is -0.484 e. The maximum atomic E-state index is 10.4. The molecule has 0 aromatic heterocycles. The monoisotopic (exact) mass is 210 g/mol. The molecule has 0 aliphatic heterocycles. The molecular weight excluding hydrogens is 204 g/mol. The predicted octanol–water partition coefficient (Wildman–Crippen LogP) is 1.08. The lowest BCUT2D eigenvalue weighted by atomic mass is 10.2. The Hall–Kier alpha value is -1.73. The topological polar surface area (TPSA) is 76.1 Å². The summed E-state index contributed by atoms with van der Waals surface area (Å²) in [6.07, 6.45) is 0. The second-order valence-electron chi connectivity index (χ2n) is 2.51. The zero-order chi connectivity index (χ0) is 10.6. The molecule has 0 radical (unpaired) electrons. The van der Waals surface area contributed by atoms with Gasteiger partial charge in [0.25, 0.3) is 5.91 Å². The van der Waals surface area contributed by atoms with Crippen LogP contribution in [0.3, 0.4) is 0 Å². The molecule has 14 heavy (non-hydrogen) atoms. The van der Waals surface area contributed by atoms with Crippen LogP contribution >= 0.6 is 11.6 Å². The molecule has 1 rings (SSSR count). The summed E-state index contributed by atoms with van der Waals surface area (Å²) >= 11 is 5.73. The number of nitrogens with zero attached hydrogens (tertiary/aromatic N) is 1. The quantitative estimate of drug-likeness (QED) is 0.811. The highest BCUT2D eigenvalue weighted by Crippen LogP contribution is 2.21. The first-order chi connectivity index (χ1) is 6.63. The van der Waals surface area contributed by atoms with Gasteiger partial charge in [0.05, 0.1) is 10.6 Å². The highest BCUT2D eigenvalue weighted by molar-refractivity contribution is 6.31. The third kappa shape index (κ3) is 2.64. The molecule has 0 fully saturated rings. The molecule has 0 saturated carbocycles. The van der Waals surface area contributed by atoms with Gasteiger partial charge in [-0.2, -0.15) is 5.26 Å². The molecule has 2 N–H and O–H groups in total. The maximum absolute atomic E-state index is 10.4. The number of amides is 1. The van der Waals surface area contributed by atoms with Crippen molar-refractivity contribution in [1.82, 2.24) is 0 Å². The SMILES string of the molecule is N#Cc1ccc(OCC(N)=O)cc1Cl. The number of ether oxygens (including phenoxy) is 1. The number of carbonyl (C=O) groups excluding carboxylic acids is 1. The van der Waals surface area contributed by atoms with Crippen molar-refractivity contribution in [2.24, 2.45) is 5.73 Å². The molecule has 0 saturated heterocycles. The molecule has 4 nitrogen and oxygen atoms in total. The van der Waals surface area contributed by atoms with Gasteiger partial charge in [-0.15, -0.1) is 0 Å². The van der Waals surface area contributed by atoms with Gasteiger partial charge in [-0.3, -0.25) is 4.79 Å². The minimum atomic E-state index is -0.564. The van der Waals surface area contributed by atoms with Gasteiger partial charge in [-0.1, -0.05) is 11.6 Å². The highest BCUT2D eigenvalue weighted by Gasteiger charge is 2.02. The van der Waals surface area contributed by atoms with Crippen molar-refractivity contribution in [2.75, 3.05) is 6.61 Å². The number of hydrogen-bond acceptors (Lipinski definition) is 3. The third-order valence-corrected chi connectivity index (χ3v) is 1.75. The van der Waals surface area contributed by atoms with Crippen molar-refractivity contribution in [3.05, 3.63) is 28.8 Å². The summed E-state index contributed by atoms with van der Waals surface area (Å²) in [5.41, 5.74) is 5.24. The fraction of sp³-hybridized carbons (Fsp3) is 0.111. The maximum Gasteiger partial charge on any atom is 0.255 e. The normalized spacial score (nSPS) is 9.14. The number of halogens is 1. The Morgan fingerprint density at radius 3 is 2.86 bits per heavy atom. The fourth-order valence-corrected chi connectivity index (χ4v) is 1.04. The molecule has 72 valence electrons. The third-order valence-electron chi connectivity index (χ3n) is 1.44. The van der Waals surface area contributed by atoms with E-state index >= 15 is 0 Å². The lowest BCUT2D eigenvalue weighted by molar-refractivity contribution is -0.119. The second-order valence-corrected chi connectivity index (χ2v) is 2.92. The van der Waals surface area contributed by atoms with E-state index in [2.05, 4.69) is 0 Å². The predicted molar refractivity (Wildman–Crippen MR) is 50.9 cm³/mol. The van der Waals surface area contributed by atoms with Crippen LogP contribution in [-0.2, 0) is 4.79 Å². The van der Waals surface area contributed by atoms with E-state index in [4.69, 9.17) is 27.3 Å². The van der Waals surface area contributed by atoms with E-state index in [1.165, 1.54) is 12.1 Å². The molecular formula is C9H7ClN2O2. The zero-order valence-electron chi connectivity index (χ0n) is 7.16. The van der Waals surface area contributed by atoms with Crippen LogP contribution < -0.4 is 10.5 Å². The number of benzene rings is 1. The van der Waals surface area contributed by atoms with Crippen LogP contribution in [0.4, 0.5) is 0 Å². The summed E-state index contributed by atoms with van der Waals surface area (Å²) in [6, 6.07) is 6.43. The highest BCUT2D eigenvalue weighted by atomic mass is 35.5. The smallest absolute Gasteiger partial charge is 0.255 e. The molecule has 0 spiro atoms. The summed E-state index contributed by atoms with van der Waals surface area (Å²) in [7, 11) is 0. The zero-order valence-corrected chi connectivity index (χ0v) is 7.91. The van der Waals surface area contributed by atoms with Crippen molar-refractivity contribution in [2.45, 2.75) is 0 Å². The molecule has 0 heterocycles. The van der Waals surface area contributed by atoms with Gasteiger partial charge in [0.15, 0.2) is 6.61 Å². The second kappa shape index (κ2) is 4.49. The lowest BCUT2D eigenvalue weighted by Crippen LogP contribution is -2.19. The van der Waals surface area contributed by atoms with Gasteiger partial charge >= 0.3 is 0 Å². The molecule has 0 bridgehead atoms. The summed E-state index contributed by atoms with van der Waals surface area (Å²) < 4.78 is 4.98. The Bertz CT molecular complexity index is 398.